The number of aromatic hydroxyl groups is 1. The fourth-order valence-electron chi connectivity index (χ4n) is 2.76. The first kappa shape index (κ1) is 21.0. The van der Waals surface area contributed by atoms with Crippen molar-refractivity contribution in [1.29, 1.82) is 0 Å². The predicted octanol–water partition coefficient (Wildman–Crippen LogP) is 4.27. The van der Waals surface area contributed by atoms with Gasteiger partial charge in [-0.05, 0) is 48.2 Å². The average molecular weight is 435 g/mol. The van der Waals surface area contributed by atoms with Gasteiger partial charge >= 0.3 is 0 Å². The molecule has 0 aliphatic carbocycles. The highest BCUT2D eigenvalue weighted by molar-refractivity contribution is 9.10. The van der Waals surface area contributed by atoms with Crippen LogP contribution < -0.4 is 9.47 Å². The maximum absolute atomic E-state index is 12.1. The number of aryl methyl sites for hydroxylation is 2. The van der Waals surface area contributed by atoms with E-state index >= 15 is 0 Å². The van der Waals surface area contributed by atoms with Gasteiger partial charge < -0.3 is 14.6 Å². The molecule has 2 aromatic carbocycles. The number of ether oxygens (including phenoxy) is 2. The van der Waals surface area contributed by atoms with E-state index in [4.69, 9.17) is 9.47 Å². The molecule has 2 aromatic rings. The molecule has 0 saturated heterocycles. The lowest BCUT2D eigenvalue weighted by Gasteiger charge is -2.11. The maximum atomic E-state index is 12.1. The molecular formula is C21H23BrO5. The van der Waals surface area contributed by atoms with Crippen LogP contribution in [0.15, 0.2) is 40.9 Å². The summed E-state index contributed by atoms with van der Waals surface area (Å²) in [4.78, 5) is 24.1. The highest BCUT2D eigenvalue weighted by Crippen LogP contribution is 2.37. The number of phenolic OH excluding ortho intramolecular Hbond substituents is 1. The molecule has 2 rings (SSSR count). The van der Waals surface area contributed by atoms with Gasteiger partial charge in [0.25, 0.3) is 0 Å². The molecule has 0 fully saturated rings. The third-order valence-corrected chi connectivity index (χ3v) is 4.74. The number of benzene rings is 2. The number of hydrogen-bond donors (Lipinski definition) is 1. The molecule has 0 aliphatic rings. The Morgan fingerprint density at radius 2 is 1.52 bits per heavy atom. The van der Waals surface area contributed by atoms with Gasteiger partial charge in [0.15, 0.2) is 11.5 Å². The second-order valence-corrected chi connectivity index (χ2v) is 7.15. The van der Waals surface area contributed by atoms with Gasteiger partial charge in [-0.15, -0.1) is 0 Å². The van der Waals surface area contributed by atoms with Crippen molar-refractivity contribution >= 4 is 27.5 Å². The van der Waals surface area contributed by atoms with Gasteiger partial charge in [-0.2, -0.15) is 0 Å². The summed E-state index contributed by atoms with van der Waals surface area (Å²) in [6, 6.07) is 11.1. The van der Waals surface area contributed by atoms with E-state index in [0.717, 1.165) is 15.6 Å². The van der Waals surface area contributed by atoms with Crippen LogP contribution in [0.3, 0.4) is 0 Å². The molecule has 0 bridgehead atoms. The maximum Gasteiger partial charge on any atom is 0.203 e. The highest BCUT2D eigenvalue weighted by atomic mass is 79.9. The topological polar surface area (TPSA) is 72.8 Å². The van der Waals surface area contributed by atoms with Gasteiger partial charge in [-0.1, -0.05) is 28.1 Å². The van der Waals surface area contributed by atoms with Crippen molar-refractivity contribution < 1.29 is 24.2 Å². The number of carbonyl (C=O) groups excluding carboxylic acids is 2. The number of carbonyl (C=O) groups is 2. The van der Waals surface area contributed by atoms with Crippen molar-refractivity contribution in [1.82, 2.24) is 0 Å². The number of methoxy groups -OCH3 is 2. The summed E-state index contributed by atoms with van der Waals surface area (Å²) in [7, 11) is 2.93. The van der Waals surface area contributed by atoms with E-state index in [1.54, 1.807) is 12.1 Å². The molecule has 144 valence electrons. The lowest BCUT2D eigenvalue weighted by Crippen LogP contribution is -2.09. The molecule has 1 N–H and O–H groups in total. The number of rotatable bonds is 10. The van der Waals surface area contributed by atoms with Gasteiger partial charge in [-0.25, -0.2) is 0 Å². The number of phenols is 1. The predicted molar refractivity (Wildman–Crippen MR) is 107 cm³/mol. The van der Waals surface area contributed by atoms with Crippen LogP contribution in [0.4, 0.5) is 0 Å². The highest BCUT2D eigenvalue weighted by Gasteiger charge is 2.14. The van der Waals surface area contributed by atoms with Crippen molar-refractivity contribution in [2.75, 3.05) is 14.2 Å². The summed E-state index contributed by atoms with van der Waals surface area (Å²) in [6.45, 7) is 0. The van der Waals surface area contributed by atoms with E-state index in [-0.39, 0.29) is 35.9 Å². The third kappa shape index (κ3) is 6.40. The van der Waals surface area contributed by atoms with Crippen LogP contribution in [0.25, 0.3) is 0 Å². The lowest BCUT2D eigenvalue weighted by molar-refractivity contribution is -0.126. The molecule has 0 unspecified atom stereocenters. The van der Waals surface area contributed by atoms with E-state index in [9.17, 15) is 14.7 Å². The Balaban J connectivity index is 1.82. The van der Waals surface area contributed by atoms with Crippen LogP contribution in [0.5, 0.6) is 17.2 Å². The normalized spacial score (nSPS) is 10.5. The zero-order chi connectivity index (χ0) is 19.8. The number of ketones is 2. The van der Waals surface area contributed by atoms with Crippen molar-refractivity contribution in [3.05, 3.63) is 52.0 Å². The van der Waals surface area contributed by atoms with Crippen LogP contribution in [-0.4, -0.2) is 30.9 Å². The van der Waals surface area contributed by atoms with Crippen LogP contribution in [0.1, 0.15) is 30.4 Å². The van der Waals surface area contributed by atoms with Crippen LogP contribution in [0, 0.1) is 0 Å². The largest absolute Gasteiger partial charge is 0.504 e. The molecule has 0 amide bonds. The average Bonchev–Trinajstić information content (AvgIpc) is 2.65. The Hall–Kier alpha value is -2.34. The lowest BCUT2D eigenvalue weighted by atomic mass is 10.0. The smallest absolute Gasteiger partial charge is 0.203 e. The molecule has 6 heteroatoms. The van der Waals surface area contributed by atoms with Crippen molar-refractivity contribution in [3.8, 4) is 17.2 Å². The molecule has 5 nitrogen and oxygen atoms in total. The molecule has 0 saturated carbocycles. The van der Waals surface area contributed by atoms with Gasteiger partial charge in [0.05, 0.1) is 20.6 Å². The Morgan fingerprint density at radius 3 is 2.07 bits per heavy atom. The molecule has 0 atom stereocenters. The van der Waals surface area contributed by atoms with E-state index < -0.39 is 0 Å². The first-order valence-electron chi connectivity index (χ1n) is 8.64. The fraction of sp³-hybridized carbons (Fsp3) is 0.333. The minimum atomic E-state index is -0.106. The first-order chi connectivity index (χ1) is 12.9. The minimum Gasteiger partial charge on any atom is -0.504 e. The van der Waals surface area contributed by atoms with Crippen LogP contribution in [-0.2, 0) is 22.4 Å². The zero-order valence-electron chi connectivity index (χ0n) is 15.5. The molecule has 0 spiro atoms. The van der Waals surface area contributed by atoms with E-state index in [1.165, 1.54) is 14.2 Å². The van der Waals surface area contributed by atoms with Gasteiger partial charge in [-0.3, -0.25) is 9.59 Å². The number of Topliss-reactive ketones (excluding diaryl/α,β-unsaturated/α-hetero) is 2. The standard InChI is InChI=1S/C21H23BrO5/c1-26-20-12-15(11-19(25)21(20)27-2)6-10-18(24)13-17(23)9-5-14-3-7-16(22)8-4-14/h3-4,7-8,11-12,25H,5-6,9-10,13H2,1-2H3. The Labute approximate surface area is 167 Å². The summed E-state index contributed by atoms with van der Waals surface area (Å²) in [5.74, 6) is 0.467. The number of halogens is 1. The minimum absolute atomic E-state index is 0.0372. The summed E-state index contributed by atoms with van der Waals surface area (Å²) in [5.41, 5.74) is 1.82. The van der Waals surface area contributed by atoms with Crippen molar-refractivity contribution in [2.45, 2.75) is 32.1 Å². The van der Waals surface area contributed by atoms with Crippen LogP contribution >= 0.6 is 15.9 Å². The SMILES string of the molecule is COc1cc(CCC(=O)CC(=O)CCc2ccc(Br)cc2)cc(O)c1OC. The monoisotopic (exact) mass is 434 g/mol. The zero-order valence-corrected chi connectivity index (χ0v) is 17.0. The van der Waals surface area contributed by atoms with E-state index in [0.29, 0.717) is 25.0 Å². The Kier molecular flexibility index (Phi) is 7.85. The third-order valence-electron chi connectivity index (χ3n) is 4.21. The molecule has 0 aromatic heterocycles. The van der Waals surface area contributed by atoms with Gasteiger partial charge in [0.2, 0.25) is 5.75 Å². The van der Waals surface area contributed by atoms with Gasteiger partial charge in [0, 0.05) is 17.3 Å². The summed E-state index contributed by atoms with van der Waals surface area (Å²) >= 11 is 3.37. The van der Waals surface area contributed by atoms with Crippen molar-refractivity contribution in [3.63, 3.8) is 0 Å². The second kappa shape index (κ2) is 10.1. The Bertz CT molecular complexity index is 799. The van der Waals surface area contributed by atoms with E-state index in [2.05, 4.69) is 15.9 Å². The quantitative estimate of drug-likeness (QED) is 0.565. The number of hydrogen-bond acceptors (Lipinski definition) is 5. The fourth-order valence-corrected chi connectivity index (χ4v) is 3.02. The molecule has 0 aliphatic heterocycles. The molecular weight excluding hydrogens is 412 g/mol. The molecule has 27 heavy (non-hydrogen) atoms. The molecule has 0 radical (unpaired) electrons. The first-order valence-corrected chi connectivity index (χ1v) is 9.44. The molecule has 0 heterocycles. The summed E-state index contributed by atoms with van der Waals surface area (Å²) in [5, 5.41) is 9.96. The summed E-state index contributed by atoms with van der Waals surface area (Å²) in [6.07, 6.45) is 1.58. The Morgan fingerprint density at radius 1 is 0.926 bits per heavy atom. The second-order valence-electron chi connectivity index (χ2n) is 6.23. The van der Waals surface area contributed by atoms with Crippen molar-refractivity contribution in [2.24, 2.45) is 0 Å². The van der Waals surface area contributed by atoms with Crippen LogP contribution in [0.2, 0.25) is 0 Å². The van der Waals surface area contributed by atoms with E-state index in [1.807, 2.05) is 24.3 Å². The van der Waals surface area contributed by atoms with Gasteiger partial charge in [0.1, 0.15) is 11.6 Å². The summed E-state index contributed by atoms with van der Waals surface area (Å²) < 4.78 is 11.3.